The van der Waals surface area contributed by atoms with E-state index in [1.165, 1.54) is 25.0 Å². The van der Waals surface area contributed by atoms with Crippen LogP contribution in [0.2, 0.25) is 0 Å². The van der Waals surface area contributed by atoms with Gasteiger partial charge in [-0.15, -0.1) is 0 Å². The monoisotopic (exact) mass is 396 g/mol. The molecule has 6 heteroatoms. The number of benzene rings is 2. The largest absolute Gasteiger partial charge is 0.494 e. The Morgan fingerprint density at radius 2 is 1.55 bits per heavy atom. The molecule has 1 heterocycles. The maximum atomic E-state index is 10.7. The number of rotatable bonds is 10. The van der Waals surface area contributed by atoms with Crippen molar-refractivity contribution in [2.75, 3.05) is 39.5 Å². The highest BCUT2D eigenvalue weighted by atomic mass is 16.6. The molecule has 29 heavy (non-hydrogen) atoms. The van der Waals surface area contributed by atoms with E-state index >= 15 is 0 Å². The van der Waals surface area contributed by atoms with Crippen molar-refractivity contribution in [1.29, 1.82) is 0 Å². The van der Waals surface area contributed by atoms with Crippen molar-refractivity contribution in [2.45, 2.75) is 19.3 Å². The summed E-state index contributed by atoms with van der Waals surface area (Å²) >= 11 is 0. The molecule has 6 nitrogen and oxygen atoms in total. The molecule has 0 bridgehead atoms. The first-order chi connectivity index (χ1) is 14.2. The van der Waals surface area contributed by atoms with Crippen LogP contribution in [-0.4, -0.2) is 49.3 Å². The van der Waals surface area contributed by atoms with Gasteiger partial charge in [-0.25, -0.2) is 0 Å². The smallest absolute Gasteiger partial charge is 0.269 e. The van der Waals surface area contributed by atoms with Gasteiger partial charge in [-0.3, -0.25) is 15.0 Å². The molecule has 2 aromatic rings. The molecule has 1 fully saturated rings. The first-order valence-electron chi connectivity index (χ1n) is 10.2. The molecular weight excluding hydrogens is 368 g/mol. The molecule has 154 valence electrons. The molecule has 0 aromatic heterocycles. The lowest BCUT2D eigenvalue weighted by molar-refractivity contribution is -0.384. The fourth-order valence-corrected chi connectivity index (χ4v) is 3.20. The van der Waals surface area contributed by atoms with Gasteiger partial charge < -0.3 is 9.47 Å². The lowest BCUT2D eigenvalue weighted by Gasteiger charge is -2.26. The molecule has 0 N–H and O–H groups in total. The molecule has 0 spiro atoms. The molecule has 0 unspecified atom stereocenters. The number of morpholine rings is 1. The Kier molecular flexibility index (Phi) is 8.22. The van der Waals surface area contributed by atoms with Gasteiger partial charge in [-0.1, -0.05) is 24.3 Å². The summed E-state index contributed by atoms with van der Waals surface area (Å²) in [5.74, 6) is 0.880. The summed E-state index contributed by atoms with van der Waals surface area (Å²) in [7, 11) is 0. The third kappa shape index (κ3) is 7.33. The van der Waals surface area contributed by atoms with Crippen LogP contribution in [0.15, 0.2) is 48.5 Å². The second kappa shape index (κ2) is 11.3. The van der Waals surface area contributed by atoms with Crippen LogP contribution < -0.4 is 4.74 Å². The van der Waals surface area contributed by atoms with Crippen molar-refractivity contribution < 1.29 is 14.4 Å². The van der Waals surface area contributed by atoms with Crippen molar-refractivity contribution in [3.8, 4) is 5.75 Å². The van der Waals surface area contributed by atoms with E-state index in [2.05, 4.69) is 4.90 Å². The van der Waals surface area contributed by atoms with E-state index in [9.17, 15) is 10.1 Å². The molecule has 1 aliphatic heterocycles. The van der Waals surface area contributed by atoms with Gasteiger partial charge in [0.15, 0.2) is 0 Å². The minimum Gasteiger partial charge on any atom is -0.494 e. The Morgan fingerprint density at radius 1 is 0.931 bits per heavy atom. The highest BCUT2D eigenvalue weighted by molar-refractivity contribution is 5.70. The Bertz CT molecular complexity index is 782. The standard InChI is InChI=1S/C23H28N2O4/c26-25(27)22-10-6-20(7-11-22)4-5-21-8-12-23(13-9-21)29-17-3-1-2-14-24-15-18-28-19-16-24/h4-13H,1-3,14-19H2/b5-4+. The molecule has 0 atom stereocenters. The predicted molar refractivity (Wildman–Crippen MR) is 115 cm³/mol. The van der Waals surface area contributed by atoms with E-state index < -0.39 is 4.92 Å². The van der Waals surface area contributed by atoms with E-state index in [-0.39, 0.29) is 5.69 Å². The fourth-order valence-electron chi connectivity index (χ4n) is 3.20. The molecule has 0 radical (unpaired) electrons. The van der Waals surface area contributed by atoms with Crippen LogP contribution in [-0.2, 0) is 4.74 Å². The third-order valence-corrected chi connectivity index (χ3v) is 4.94. The summed E-state index contributed by atoms with van der Waals surface area (Å²) in [6.45, 7) is 5.73. The molecule has 0 saturated carbocycles. The van der Waals surface area contributed by atoms with Gasteiger partial charge in [0.05, 0.1) is 24.7 Å². The van der Waals surface area contributed by atoms with Gasteiger partial charge in [0.2, 0.25) is 0 Å². The number of nitro benzene ring substituents is 1. The quantitative estimate of drug-likeness (QED) is 0.253. The molecule has 1 aliphatic rings. The lowest BCUT2D eigenvalue weighted by Crippen LogP contribution is -2.36. The average molecular weight is 396 g/mol. The molecular formula is C23H28N2O4. The molecule has 0 amide bonds. The first kappa shape index (κ1) is 21.0. The van der Waals surface area contributed by atoms with Crippen molar-refractivity contribution >= 4 is 17.8 Å². The predicted octanol–water partition coefficient (Wildman–Crippen LogP) is 4.65. The Labute approximate surface area is 171 Å². The number of non-ortho nitro benzene ring substituents is 1. The minimum absolute atomic E-state index is 0.102. The van der Waals surface area contributed by atoms with Crippen LogP contribution in [0.3, 0.4) is 0 Å². The zero-order valence-corrected chi connectivity index (χ0v) is 16.7. The van der Waals surface area contributed by atoms with Crippen molar-refractivity contribution in [3.63, 3.8) is 0 Å². The van der Waals surface area contributed by atoms with Gasteiger partial charge in [0, 0.05) is 25.2 Å². The van der Waals surface area contributed by atoms with E-state index in [1.54, 1.807) is 12.1 Å². The minimum atomic E-state index is -0.393. The van der Waals surface area contributed by atoms with E-state index in [1.807, 2.05) is 36.4 Å². The van der Waals surface area contributed by atoms with Crippen LogP contribution in [0.4, 0.5) is 5.69 Å². The van der Waals surface area contributed by atoms with Crippen LogP contribution in [0.5, 0.6) is 5.75 Å². The highest BCUT2D eigenvalue weighted by Gasteiger charge is 2.09. The molecule has 1 saturated heterocycles. The van der Waals surface area contributed by atoms with Crippen LogP contribution in [0.25, 0.3) is 12.2 Å². The normalized spacial score (nSPS) is 14.9. The Balaban J connectivity index is 1.34. The average Bonchev–Trinajstić information content (AvgIpc) is 2.76. The van der Waals surface area contributed by atoms with E-state index in [4.69, 9.17) is 9.47 Å². The number of nitrogens with zero attached hydrogens (tertiary/aromatic N) is 2. The maximum Gasteiger partial charge on any atom is 0.269 e. The SMILES string of the molecule is O=[N+]([O-])c1ccc(/C=C/c2ccc(OCCCCCN3CCOCC3)cc2)cc1. The summed E-state index contributed by atoms with van der Waals surface area (Å²) in [5, 5.41) is 10.7. The fraction of sp³-hybridized carbons (Fsp3) is 0.391. The number of ether oxygens (including phenoxy) is 2. The zero-order valence-electron chi connectivity index (χ0n) is 16.7. The number of unbranched alkanes of at least 4 members (excludes halogenated alkanes) is 2. The third-order valence-electron chi connectivity index (χ3n) is 4.94. The second-order valence-electron chi connectivity index (χ2n) is 7.11. The van der Waals surface area contributed by atoms with Crippen LogP contribution in [0.1, 0.15) is 30.4 Å². The zero-order chi connectivity index (χ0) is 20.3. The van der Waals surface area contributed by atoms with Gasteiger partial charge >= 0.3 is 0 Å². The summed E-state index contributed by atoms with van der Waals surface area (Å²) < 4.78 is 11.2. The van der Waals surface area contributed by atoms with Gasteiger partial charge in [0.1, 0.15) is 5.75 Å². The van der Waals surface area contributed by atoms with Crippen LogP contribution >= 0.6 is 0 Å². The number of nitro groups is 1. The molecule has 2 aromatic carbocycles. The van der Waals surface area contributed by atoms with E-state index in [0.29, 0.717) is 0 Å². The van der Waals surface area contributed by atoms with Crippen LogP contribution in [0, 0.1) is 10.1 Å². The Hall–Kier alpha value is -2.70. The van der Waals surface area contributed by atoms with Crippen molar-refractivity contribution in [1.82, 2.24) is 4.90 Å². The lowest BCUT2D eigenvalue weighted by atomic mass is 10.1. The highest BCUT2D eigenvalue weighted by Crippen LogP contribution is 2.17. The second-order valence-corrected chi connectivity index (χ2v) is 7.11. The number of hydrogen-bond acceptors (Lipinski definition) is 5. The topological polar surface area (TPSA) is 64.8 Å². The van der Waals surface area contributed by atoms with Crippen molar-refractivity contribution in [3.05, 3.63) is 69.8 Å². The first-order valence-corrected chi connectivity index (χ1v) is 10.2. The summed E-state index contributed by atoms with van der Waals surface area (Å²) in [6.07, 6.45) is 7.36. The Morgan fingerprint density at radius 3 is 2.17 bits per heavy atom. The molecule has 0 aliphatic carbocycles. The summed E-state index contributed by atoms with van der Waals surface area (Å²) in [4.78, 5) is 12.8. The molecule has 3 rings (SSSR count). The summed E-state index contributed by atoms with van der Waals surface area (Å²) in [5.41, 5.74) is 2.08. The summed E-state index contributed by atoms with van der Waals surface area (Å²) in [6, 6.07) is 14.5. The maximum absolute atomic E-state index is 10.7. The van der Waals surface area contributed by atoms with Crippen molar-refractivity contribution in [2.24, 2.45) is 0 Å². The number of hydrogen-bond donors (Lipinski definition) is 0. The van der Waals surface area contributed by atoms with Gasteiger partial charge in [0.25, 0.3) is 5.69 Å². The van der Waals surface area contributed by atoms with Gasteiger partial charge in [-0.2, -0.15) is 0 Å². The van der Waals surface area contributed by atoms with Gasteiger partial charge in [-0.05, 0) is 61.2 Å². The van der Waals surface area contributed by atoms with E-state index in [0.717, 1.165) is 62.8 Å².